The highest BCUT2D eigenvalue weighted by Gasteiger charge is 2.29. The zero-order valence-electron chi connectivity index (χ0n) is 15.1. The van der Waals surface area contributed by atoms with E-state index in [0.29, 0.717) is 45.9 Å². The third kappa shape index (κ3) is 4.11. The van der Waals surface area contributed by atoms with Gasteiger partial charge in [0, 0.05) is 34.0 Å². The van der Waals surface area contributed by atoms with Gasteiger partial charge >= 0.3 is 0 Å². The lowest BCUT2D eigenvalue weighted by Crippen LogP contribution is -2.03. The average molecular weight is 411 g/mol. The van der Waals surface area contributed by atoms with Gasteiger partial charge in [0.1, 0.15) is 0 Å². The van der Waals surface area contributed by atoms with Crippen LogP contribution in [0.2, 0.25) is 10.0 Å². The van der Waals surface area contributed by atoms with E-state index < -0.39 is 0 Å². The van der Waals surface area contributed by atoms with Crippen molar-refractivity contribution in [2.45, 2.75) is 25.0 Å². The van der Waals surface area contributed by atoms with Crippen LogP contribution in [0.5, 0.6) is 23.0 Å². The zero-order chi connectivity index (χ0) is 19.0. The highest BCUT2D eigenvalue weighted by molar-refractivity contribution is 6.32. The van der Waals surface area contributed by atoms with Gasteiger partial charge in [-0.15, -0.1) is 0 Å². The van der Waals surface area contributed by atoms with Crippen LogP contribution in [-0.4, -0.2) is 39.6 Å². The van der Waals surface area contributed by atoms with E-state index in [1.54, 1.807) is 38.5 Å². The third-order valence-electron chi connectivity index (χ3n) is 4.63. The van der Waals surface area contributed by atoms with E-state index in [1.807, 2.05) is 0 Å². The lowest BCUT2D eigenvalue weighted by atomic mass is 10.1. The largest absolute Gasteiger partial charge is 0.492 e. The summed E-state index contributed by atoms with van der Waals surface area (Å²) in [6, 6.07) is 7.18. The lowest BCUT2D eigenvalue weighted by molar-refractivity contribution is 0.348. The molecule has 0 bridgehead atoms. The maximum Gasteiger partial charge on any atom is 0.169 e. The molecule has 0 amide bonds. The van der Waals surface area contributed by atoms with Crippen LogP contribution in [0.15, 0.2) is 24.3 Å². The number of benzene rings is 2. The molecule has 2 atom stereocenters. The molecule has 0 aliphatic carbocycles. The van der Waals surface area contributed by atoms with Gasteiger partial charge in [-0.25, -0.2) is 0 Å². The second-order valence-corrected chi connectivity index (χ2v) is 7.35. The first-order chi connectivity index (χ1) is 13.1. The molecule has 0 saturated carbocycles. The molecule has 2 aliphatic rings. The smallest absolute Gasteiger partial charge is 0.169 e. The minimum atomic E-state index is 0.182. The fraction of sp³-hybridized carbons (Fsp3) is 0.400. The minimum Gasteiger partial charge on any atom is -0.492 e. The molecule has 5 nitrogen and oxygen atoms in total. The molecule has 0 aromatic heterocycles. The van der Waals surface area contributed by atoms with Crippen molar-refractivity contribution in [1.29, 1.82) is 0 Å². The molecule has 2 aromatic carbocycles. The van der Waals surface area contributed by atoms with E-state index in [-0.39, 0.29) is 12.2 Å². The second kappa shape index (κ2) is 7.76. The predicted molar refractivity (Wildman–Crippen MR) is 103 cm³/mol. The van der Waals surface area contributed by atoms with Crippen molar-refractivity contribution in [2.24, 2.45) is 0 Å². The van der Waals surface area contributed by atoms with E-state index in [4.69, 9.17) is 46.9 Å². The number of rotatable bonds is 8. The Bertz CT molecular complexity index is 777. The van der Waals surface area contributed by atoms with Crippen LogP contribution in [0.3, 0.4) is 0 Å². The summed E-state index contributed by atoms with van der Waals surface area (Å²) in [6.07, 6.45) is 1.73. The van der Waals surface area contributed by atoms with Gasteiger partial charge in [0.2, 0.25) is 0 Å². The Morgan fingerprint density at radius 1 is 0.815 bits per heavy atom. The Kier molecular flexibility index (Phi) is 5.37. The van der Waals surface area contributed by atoms with Crippen molar-refractivity contribution in [3.05, 3.63) is 45.4 Å². The molecule has 0 spiro atoms. The van der Waals surface area contributed by atoms with Gasteiger partial charge in [-0.2, -0.15) is 0 Å². The highest BCUT2D eigenvalue weighted by atomic mass is 35.5. The Morgan fingerprint density at radius 2 is 1.22 bits per heavy atom. The number of halogens is 2. The molecule has 27 heavy (non-hydrogen) atoms. The van der Waals surface area contributed by atoms with Crippen molar-refractivity contribution in [2.75, 3.05) is 27.4 Å². The average Bonchev–Trinajstić information content (AvgIpc) is 3.56. The Morgan fingerprint density at radius 3 is 1.56 bits per heavy atom. The van der Waals surface area contributed by atoms with Crippen molar-refractivity contribution in [3.8, 4) is 23.0 Å². The molecule has 2 aromatic rings. The van der Waals surface area contributed by atoms with Crippen LogP contribution in [0.25, 0.3) is 0 Å². The molecule has 4 rings (SSSR count). The number of epoxide rings is 2. The Labute approximate surface area is 168 Å². The molecule has 2 fully saturated rings. The maximum atomic E-state index is 6.38. The van der Waals surface area contributed by atoms with Crippen LogP contribution in [-0.2, 0) is 22.3 Å². The molecule has 2 saturated heterocycles. The molecule has 2 heterocycles. The molecular weight excluding hydrogens is 391 g/mol. The maximum absolute atomic E-state index is 6.38. The van der Waals surface area contributed by atoms with Gasteiger partial charge in [-0.1, -0.05) is 23.2 Å². The molecule has 0 N–H and O–H groups in total. The molecular formula is C20H20Cl2O5. The Balaban J connectivity index is 1.69. The first-order valence-electron chi connectivity index (χ1n) is 8.72. The second-order valence-electron chi connectivity index (χ2n) is 6.54. The van der Waals surface area contributed by atoms with Crippen molar-refractivity contribution in [3.63, 3.8) is 0 Å². The van der Waals surface area contributed by atoms with Crippen LogP contribution >= 0.6 is 23.2 Å². The van der Waals surface area contributed by atoms with Crippen molar-refractivity contribution >= 4 is 23.2 Å². The van der Waals surface area contributed by atoms with E-state index in [9.17, 15) is 0 Å². The topological polar surface area (TPSA) is 52.8 Å². The van der Waals surface area contributed by atoms with Crippen LogP contribution in [0.1, 0.15) is 11.1 Å². The quantitative estimate of drug-likeness (QED) is 0.591. The summed E-state index contributed by atoms with van der Waals surface area (Å²) in [5.41, 5.74) is 1.75. The number of hydrogen-bond donors (Lipinski definition) is 0. The van der Waals surface area contributed by atoms with E-state index in [1.165, 1.54) is 0 Å². The normalized spacial score (nSPS) is 20.3. The number of methoxy groups -OCH3 is 2. The highest BCUT2D eigenvalue weighted by Crippen LogP contribution is 2.44. The van der Waals surface area contributed by atoms with Gasteiger partial charge in [-0.3, -0.25) is 0 Å². The predicted octanol–water partition coefficient (Wildman–Crippen LogP) is 4.69. The molecule has 2 aliphatic heterocycles. The van der Waals surface area contributed by atoms with Crippen LogP contribution < -0.4 is 14.2 Å². The standard InChI is InChI=1S/C20H20Cl2O5/c1-23-19-13(7-11-9-25-11)15(21)3-5-17(19)27-18-6-4-16(22)14(20(18)24-2)8-12-10-26-12/h3-6,11-12H,7-10H2,1-2H3/t11-,12-/m1/s1. The SMILES string of the molecule is COc1c(Oc2ccc(Cl)c(C[C@@H]3CO3)c2OC)ccc(Cl)c1C[C@@H]1CO1. The van der Waals surface area contributed by atoms with Crippen LogP contribution in [0.4, 0.5) is 0 Å². The summed E-state index contributed by atoms with van der Waals surface area (Å²) in [7, 11) is 3.20. The summed E-state index contributed by atoms with van der Waals surface area (Å²) in [5, 5.41) is 1.26. The van der Waals surface area contributed by atoms with E-state index >= 15 is 0 Å². The first kappa shape index (κ1) is 18.7. The summed E-state index contributed by atoms with van der Waals surface area (Å²) >= 11 is 12.8. The third-order valence-corrected chi connectivity index (χ3v) is 5.34. The van der Waals surface area contributed by atoms with Crippen molar-refractivity contribution in [1.82, 2.24) is 0 Å². The van der Waals surface area contributed by atoms with Crippen LogP contribution in [0, 0.1) is 0 Å². The lowest BCUT2D eigenvalue weighted by Gasteiger charge is -2.18. The van der Waals surface area contributed by atoms with Gasteiger partial charge in [0.05, 0.1) is 39.6 Å². The molecule has 7 heteroatoms. The summed E-state index contributed by atoms with van der Waals surface area (Å²) in [6.45, 7) is 1.48. The van der Waals surface area contributed by atoms with Gasteiger partial charge in [0.15, 0.2) is 23.0 Å². The number of hydrogen-bond acceptors (Lipinski definition) is 5. The molecule has 0 radical (unpaired) electrons. The summed E-state index contributed by atoms with van der Waals surface area (Å²) in [4.78, 5) is 0. The van der Waals surface area contributed by atoms with Gasteiger partial charge < -0.3 is 23.7 Å². The van der Waals surface area contributed by atoms with Gasteiger partial charge in [-0.05, 0) is 24.3 Å². The Hall–Kier alpha value is -1.66. The summed E-state index contributed by atoms with van der Waals surface area (Å²) < 4.78 is 28.0. The van der Waals surface area contributed by atoms with Crippen molar-refractivity contribution < 1.29 is 23.7 Å². The number of ether oxygens (including phenoxy) is 5. The van der Waals surface area contributed by atoms with E-state index in [0.717, 1.165) is 24.3 Å². The van der Waals surface area contributed by atoms with E-state index in [2.05, 4.69) is 0 Å². The fourth-order valence-electron chi connectivity index (χ4n) is 3.10. The molecule has 0 unspecified atom stereocenters. The fourth-order valence-corrected chi connectivity index (χ4v) is 3.55. The zero-order valence-corrected chi connectivity index (χ0v) is 16.6. The minimum absolute atomic E-state index is 0.182. The molecule has 144 valence electrons. The van der Waals surface area contributed by atoms with Gasteiger partial charge in [0.25, 0.3) is 0 Å². The first-order valence-corrected chi connectivity index (χ1v) is 9.48. The monoisotopic (exact) mass is 410 g/mol. The summed E-state index contributed by atoms with van der Waals surface area (Å²) in [5.74, 6) is 2.32.